The first-order valence-corrected chi connectivity index (χ1v) is 11.4. The van der Waals surface area contributed by atoms with Crippen molar-refractivity contribution >= 4 is 34.8 Å². The highest BCUT2D eigenvalue weighted by molar-refractivity contribution is 6.02. The summed E-state index contributed by atoms with van der Waals surface area (Å²) in [6.07, 6.45) is 2.12. The van der Waals surface area contributed by atoms with E-state index in [1.54, 1.807) is 16.6 Å². The van der Waals surface area contributed by atoms with Gasteiger partial charge in [-0.05, 0) is 52.2 Å². The molecule has 33 heavy (non-hydrogen) atoms. The van der Waals surface area contributed by atoms with E-state index in [1.807, 2.05) is 40.0 Å². The number of carbonyl (C=O) groups is 3. The first kappa shape index (κ1) is 23.0. The number of rotatable bonds is 3. The quantitative estimate of drug-likeness (QED) is 0.706. The van der Waals surface area contributed by atoms with Crippen molar-refractivity contribution in [2.45, 2.75) is 64.0 Å². The van der Waals surface area contributed by atoms with Crippen molar-refractivity contribution in [3.05, 3.63) is 17.8 Å². The number of aryl methyl sites for hydroxylation is 1. The molecule has 0 saturated carbocycles. The van der Waals surface area contributed by atoms with Gasteiger partial charge < -0.3 is 14.5 Å². The van der Waals surface area contributed by atoms with Crippen molar-refractivity contribution in [1.29, 1.82) is 0 Å². The minimum Gasteiger partial charge on any atom is -0.444 e. The van der Waals surface area contributed by atoms with Gasteiger partial charge in [0.25, 0.3) is 0 Å². The average molecular weight is 457 g/mol. The second-order valence-corrected chi connectivity index (χ2v) is 9.86. The summed E-state index contributed by atoms with van der Waals surface area (Å²) in [5.41, 5.74) is 0.857. The zero-order chi connectivity index (χ0) is 23.9. The lowest BCUT2D eigenvalue weighted by atomic mass is 9.93. The van der Waals surface area contributed by atoms with Gasteiger partial charge in [0, 0.05) is 45.0 Å². The lowest BCUT2D eigenvalue weighted by molar-refractivity contribution is -0.134. The summed E-state index contributed by atoms with van der Waals surface area (Å²) in [5, 5.41) is 7.80. The molecule has 2 aliphatic heterocycles. The predicted molar refractivity (Wildman–Crippen MR) is 123 cm³/mol. The molecule has 0 radical (unpaired) electrons. The van der Waals surface area contributed by atoms with Crippen molar-refractivity contribution in [2.75, 3.05) is 25.0 Å². The molecule has 1 atom stereocenters. The Hall–Kier alpha value is -3.17. The van der Waals surface area contributed by atoms with Crippen LogP contribution in [0.25, 0.3) is 11.0 Å². The molecular weight excluding hydrogens is 424 g/mol. The van der Waals surface area contributed by atoms with Crippen LogP contribution >= 0.6 is 0 Å². The summed E-state index contributed by atoms with van der Waals surface area (Å²) in [4.78, 5) is 45.0. The van der Waals surface area contributed by atoms with Crippen LogP contribution in [0.1, 0.15) is 58.1 Å². The van der Waals surface area contributed by atoms with Crippen molar-refractivity contribution in [1.82, 2.24) is 25.0 Å². The molecule has 0 spiro atoms. The molecule has 1 unspecified atom stereocenters. The van der Waals surface area contributed by atoms with E-state index in [0.717, 1.165) is 37.1 Å². The molecule has 2 fully saturated rings. The lowest BCUT2D eigenvalue weighted by Crippen LogP contribution is -2.47. The number of imide groups is 1. The monoisotopic (exact) mass is 456 g/mol. The molecule has 2 saturated heterocycles. The normalized spacial score (nSPS) is 20.2. The van der Waals surface area contributed by atoms with E-state index < -0.39 is 11.5 Å². The van der Waals surface area contributed by atoms with Crippen molar-refractivity contribution in [3.8, 4) is 0 Å². The summed E-state index contributed by atoms with van der Waals surface area (Å²) < 4.78 is 7.19. The van der Waals surface area contributed by atoms with E-state index in [9.17, 15) is 14.4 Å². The van der Waals surface area contributed by atoms with Gasteiger partial charge in [0.2, 0.25) is 11.8 Å². The Morgan fingerprint density at radius 3 is 2.52 bits per heavy atom. The summed E-state index contributed by atoms with van der Waals surface area (Å²) in [7, 11) is 3.61. The second-order valence-electron chi connectivity index (χ2n) is 9.86. The number of pyridine rings is 1. The highest BCUT2D eigenvalue weighted by atomic mass is 16.6. The van der Waals surface area contributed by atoms with Crippen LogP contribution in [0.15, 0.2) is 12.1 Å². The van der Waals surface area contributed by atoms with Crippen LogP contribution in [0.3, 0.4) is 0 Å². The number of amides is 3. The van der Waals surface area contributed by atoms with E-state index >= 15 is 0 Å². The number of nitrogens with one attached hydrogen (secondary N) is 1. The van der Waals surface area contributed by atoms with Gasteiger partial charge in [0.1, 0.15) is 11.4 Å². The number of aromatic nitrogens is 3. The molecule has 2 aliphatic rings. The average Bonchev–Trinajstić information content (AvgIpc) is 3.08. The highest BCUT2D eigenvalue weighted by Gasteiger charge is 2.33. The van der Waals surface area contributed by atoms with Gasteiger partial charge in [-0.25, -0.2) is 9.78 Å². The van der Waals surface area contributed by atoms with Crippen molar-refractivity contribution in [3.63, 3.8) is 0 Å². The predicted octanol–water partition coefficient (Wildman–Crippen LogP) is 2.32. The van der Waals surface area contributed by atoms with E-state index in [1.165, 1.54) is 0 Å². The van der Waals surface area contributed by atoms with Crippen molar-refractivity contribution < 1.29 is 19.1 Å². The van der Waals surface area contributed by atoms with E-state index in [4.69, 9.17) is 9.72 Å². The topological polar surface area (TPSA) is 110 Å². The maximum Gasteiger partial charge on any atom is 0.410 e. The first-order chi connectivity index (χ1) is 15.5. The van der Waals surface area contributed by atoms with Gasteiger partial charge in [-0.2, -0.15) is 5.10 Å². The SMILES string of the molecule is CN(C(=O)OC(C)(C)C)C1CCN(c2ccc3c(C4CCC(=O)NC4=O)nn(C)c3n2)CC1. The smallest absolute Gasteiger partial charge is 0.410 e. The summed E-state index contributed by atoms with van der Waals surface area (Å²) in [5.74, 6) is -0.138. The summed E-state index contributed by atoms with van der Waals surface area (Å²) in [6.45, 7) is 7.15. The summed E-state index contributed by atoms with van der Waals surface area (Å²) in [6, 6.07) is 4.04. The molecule has 2 aromatic rings. The minimum atomic E-state index is -0.513. The van der Waals surface area contributed by atoms with Crippen LogP contribution in [-0.4, -0.2) is 69.4 Å². The fourth-order valence-electron chi connectivity index (χ4n) is 4.50. The molecule has 10 heteroatoms. The maximum atomic E-state index is 12.4. The number of hydrogen-bond donors (Lipinski definition) is 1. The van der Waals surface area contributed by atoms with Crippen LogP contribution in [0.5, 0.6) is 0 Å². The fraction of sp³-hybridized carbons (Fsp3) is 0.609. The zero-order valence-corrected chi connectivity index (χ0v) is 19.9. The Morgan fingerprint density at radius 2 is 1.88 bits per heavy atom. The van der Waals surface area contributed by atoms with Gasteiger partial charge in [-0.15, -0.1) is 0 Å². The number of anilines is 1. The van der Waals surface area contributed by atoms with Gasteiger partial charge in [0.15, 0.2) is 5.65 Å². The Balaban J connectivity index is 1.46. The van der Waals surface area contributed by atoms with Gasteiger partial charge in [0.05, 0.1) is 11.6 Å². The van der Waals surface area contributed by atoms with Crippen LogP contribution in [0.2, 0.25) is 0 Å². The molecule has 178 valence electrons. The van der Waals surface area contributed by atoms with Crippen LogP contribution < -0.4 is 10.2 Å². The Bertz CT molecular complexity index is 1080. The number of piperidine rings is 2. The zero-order valence-electron chi connectivity index (χ0n) is 19.9. The highest BCUT2D eigenvalue weighted by Crippen LogP contribution is 2.31. The standard InChI is InChI=1S/C23H32N6O4/c1-23(2,3)33-22(32)27(4)14-10-12-29(13-11-14)17-8-6-15-19(26-28(5)20(15)24-17)16-7-9-18(30)25-21(16)31/h6,8,14,16H,7,9-13H2,1-5H3,(H,25,30,31). The van der Waals surface area contributed by atoms with E-state index in [0.29, 0.717) is 24.2 Å². The second kappa shape index (κ2) is 8.64. The molecule has 0 aliphatic carbocycles. The van der Waals surface area contributed by atoms with Crippen LogP contribution in [-0.2, 0) is 21.4 Å². The number of fused-ring (bicyclic) bond motifs is 1. The number of nitrogens with zero attached hydrogens (tertiary/aromatic N) is 5. The third-order valence-electron chi connectivity index (χ3n) is 6.29. The van der Waals surface area contributed by atoms with Gasteiger partial charge in [-0.3, -0.25) is 19.6 Å². The summed E-state index contributed by atoms with van der Waals surface area (Å²) >= 11 is 0. The lowest BCUT2D eigenvalue weighted by Gasteiger charge is -2.37. The molecule has 2 aromatic heterocycles. The molecule has 0 bridgehead atoms. The largest absolute Gasteiger partial charge is 0.444 e. The van der Waals surface area contributed by atoms with Crippen molar-refractivity contribution in [2.24, 2.45) is 7.05 Å². The Labute approximate surface area is 193 Å². The Kier molecular flexibility index (Phi) is 6.02. The molecule has 0 aromatic carbocycles. The van der Waals surface area contributed by atoms with E-state index in [-0.39, 0.29) is 23.9 Å². The van der Waals surface area contributed by atoms with Gasteiger partial charge in [-0.1, -0.05) is 0 Å². The Morgan fingerprint density at radius 1 is 1.18 bits per heavy atom. The number of carbonyl (C=O) groups excluding carboxylic acids is 3. The third-order valence-corrected chi connectivity index (χ3v) is 6.29. The van der Waals surface area contributed by atoms with Crippen LogP contribution in [0.4, 0.5) is 10.6 Å². The molecule has 10 nitrogen and oxygen atoms in total. The molecule has 1 N–H and O–H groups in total. The molecule has 4 rings (SSSR count). The minimum absolute atomic E-state index is 0.121. The molecule has 4 heterocycles. The van der Waals surface area contributed by atoms with E-state index in [2.05, 4.69) is 15.3 Å². The van der Waals surface area contributed by atoms with Crippen LogP contribution in [0, 0.1) is 0 Å². The number of hydrogen-bond acceptors (Lipinski definition) is 7. The fourth-order valence-corrected chi connectivity index (χ4v) is 4.50. The first-order valence-electron chi connectivity index (χ1n) is 11.4. The molecular formula is C23H32N6O4. The van der Waals surface area contributed by atoms with Gasteiger partial charge >= 0.3 is 6.09 Å². The number of ether oxygens (including phenoxy) is 1. The third kappa shape index (κ3) is 4.79. The maximum absolute atomic E-state index is 12.4. The molecule has 3 amide bonds.